The van der Waals surface area contributed by atoms with Crippen LogP contribution in [0.1, 0.15) is 18.9 Å². The number of para-hydroxylation sites is 2. The van der Waals surface area contributed by atoms with Gasteiger partial charge < -0.3 is 14.4 Å². The summed E-state index contributed by atoms with van der Waals surface area (Å²) in [5.74, 6) is 0.521. The number of fused-ring (bicyclic) bond motifs is 1. The minimum absolute atomic E-state index is 0.0549. The summed E-state index contributed by atoms with van der Waals surface area (Å²) < 4.78 is 7.34. The SMILES string of the molecule is O=c1[nH]c2ccccc2n1C1CCN(c2nc(-c3cccc(Cl)c3)no2)CC1. The van der Waals surface area contributed by atoms with Gasteiger partial charge in [0.2, 0.25) is 5.82 Å². The lowest BCUT2D eigenvalue weighted by Gasteiger charge is -2.31. The molecule has 4 aromatic rings. The van der Waals surface area contributed by atoms with Gasteiger partial charge in [0.1, 0.15) is 0 Å². The van der Waals surface area contributed by atoms with Gasteiger partial charge in [-0.3, -0.25) is 4.57 Å². The van der Waals surface area contributed by atoms with E-state index in [9.17, 15) is 4.79 Å². The van der Waals surface area contributed by atoms with Crippen molar-refractivity contribution >= 4 is 28.6 Å². The highest BCUT2D eigenvalue weighted by Crippen LogP contribution is 2.28. The van der Waals surface area contributed by atoms with Crippen molar-refractivity contribution in [3.05, 3.63) is 64.0 Å². The van der Waals surface area contributed by atoms with E-state index in [1.54, 1.807) is 0 Å². The molecule has 5 rings (SSSR count). The number of piperidine rings is 1. The van der Waals surface area contributed by atoms with Crippen molar-refractivity contribution in [3.8, 4) is 11.4 Å². The number of hydrogen-bond donors (Lipinski definition) is 1. The van der Waals surface area contributed by atoms with Crippen molar-refractivity contribution in [1.29, 1.82) is 0 Å². The normalized spacial score (nSPS) is 15.4. The largest absolute Gasteiger partial charge is 0.326 e. The molecule has 0 bridgehead atoms. The summed E-state index contributed by atoms with van der Waals surface area (Å²) in [6.45, 7) is 1.49. The Bertz CT molecular complexity index is 1190. The van der Waals surface area contributed by atoms with Crippen LogP contribution in [0.25, 0.3) is 22.4 Å². The first kappa shape index (κ1) is 17.1. The second-order valence-corrected chi connectivity index (χ2v) is 7.38. The minimum atomic E-state index is -0.0549. The van der Waals surface area contributed by atoms with Gasteiger partial charge in [-0.25, -0.2) is 4.79 Å². The lowest BCUT2D eigenvalue weighted by Crippen LogP contribution is -2.37. The van der Waals surface area contributed by atoms with Crippen LogP contribution in [0.2, 0.25) is 5.02 Å². The summed E-state index contributed by atoms with van der Waals surface area (Å²) in [5, 5.41) is 4.71. The molecule has 0 radical (unpaired) electrons. The highest BCUT2D eigenvalue weighted by atomic mass is 35.5. The topological polar surface area (TPSA) is 80.0 Å². The van der Waals surface area contributed by atoms with Gasteiger partial charge in [-0.2, -0.15) is 4.98 Å². The van der Waals surface area contributed by atoms with Crippen molar-refractivity contribution in [3.63, 3.8) is 0 Å². The van der Waals surface area contributed by atoms with Gasteiger partial charge in [-0.05, 0) is 37.1 Å². The van der Waals surface area contributed by atoms with E-state index in [4.69, 9.17) is 16.1 Å². The van der Waals surface area contributed by atoms with Crippen LogP contribution < -0.4 is 10.6 Å². The average Bonchev–Trinajstić information content (AvgIpc) is 3.32. The van der Waals surface area contributed by atoms with Crippen LogP contribution in [0, 0.1) is 0 Å². The average molecular weight is 396 g/mol. The van der Waals surface area contributed by atoms with E-state index in [0.717, 1.165) is 42.5 Å². The van der Waals surface area contributed by atoms with Crippen molar-refractivity contribution in [2.24, 2.45) is 0 Å². The van der Waals surface area contributed by atoms with E-state index >= 15 is 0 Å². The molecule has 2 aromatic heterocycles. The molecule has 0 spiro atoms. The van der Waals surface area contributed by atoms with E-state index in [1.807, 2.05) is 53.1 Å². The smallest absolute Gasteiger partial charge is 0.324 e. The number of nitrogens with one attached hydrogen (secondary N) is 1. The van der Waals surface area contributed by atoms with Crippen LogP contribution in [-0.4, -0.2) is 32.8 Å². The van der Waals surface area contributed by atoms with Crippen molar-refractivity contribution in [1.82, 2.24) is 19.7 Å². The van der Waals surface area contributed by atoms with Gasteiger partial charge in [-0.15, -0.1) is 0 Å². The Balaban J connectivity index is 1.34. The van der Waals surface area contributed by atoms with Gasteiger partial charge in [0, 0.05) is 29.7 Å². The summed E-state index contributed by atoms with van der Waals surface area (Å²) in [6.07, 6.45) is 1.66. The molecule has 7 nitrogen and oxygen atoms in total. The van der Waals surface area contributed by atoms with Crippen LogP contribution >= 0.6 is 11.6 Å². The number of halogens is 1. The lowest BCUT2D eigenvalue weighted by atomic mass is 10.0. The second kappa shape index (κ2) is 6.83. The van der Waals surface area contributed by atoms with Gasteiger partial charge >= 0.3 is 11.7 Å². The Morgan fingerprint density at radius 2 is 1.93 bits per heavy atom. The Morgan fingerprint density at radius 3 is 2.75 bits per heavy atom. The molecule has 3 heterocycles. The summed E-state index contributed by atoms with van der Waals surface area (Å²) in [5.41, 5.74) is 2.59. The predicted octanol–water partition coefficient (Wildman–Crippen LogP) is 3.87. The molecule has 0 aliphatic carbocycles. The van der Waals surface area contributed by atoms with E-state index in [2.05, 4.69) is 20.0 Å². The fourth-order valence-corrected chi connectivity index (χ4v) is 4.03. The zero-order valence-corrected chi connectivity index (χ0v) is 15.8. The zero-order chi connectivity index (χ0) is 19.1. The number of nitrogens with zero attached hydrogens (tertiary/aromatic N) is 4. The number of imidazole rings is 1. The van der Waals surface area contributed by atoms with Gasteiger partial charge in [0.25, 0.3) is 0 Å². The molecular formula is C20H18ClN5O2. The van der Waals surface area contributed by atoms with Crippen LogP contribution in [0.5, 0.6) is 0 Å². The summed E-state index contributed by atoms with van der Waals surface area (Å²) in [6, 6.07) is 15.8. The first-order chi connectivity index (χ1) is 13.7. The van der Waals surface area contributed by atoms with E-state index in [0.29, 0.717) is 16.9 Å². The number of anilines is 1. The fourth-order valence-electron chi connectivity index (χ4n) is 3.84. The molecule has 28 heavy (non-hydrogen) atoms. The Hall–Kier alpha value is -3.06. The van der Waals surface area contributed by atoms with E-state index in [-0.39, 0.29) is 11.7 Å². The molecule has 1 aliphatic rings. The molecule has 0 atom stereocenters. The molecule has 1 saturated heterocycles. The number of aromatic nitrogens is 4. The molecular weight excluding hydrogens is 378 g/mol. The first-order valence-electron chi connectivity index (χ1n) is 9.23. The Labute approximate surface area is 165 Å². The highest BCUT2D eigenvalue weighted by molar-refractivity contribution is 6.30. The quantitative estimate of drug-likeness (QED) is 0.569. The predicted molar refractivity (Wildman–Crippen MR) is 108 cm³/mol. The third-order valence-corrected chi connectivity index (χ3v) is 5.46. The van der Waals surface area contributed by atoms with E-state index in [1.165, 1.54) is 0 Å². The number of benzene rings is 2. The Morgan fingerprint density at radius 1 is 1.11 bits per heavy atom. The second-order valence-electron chi connectivity index (χ2n) is 6.95. The van der Waals surface area contributed by atoms with Crippen LogP contribution in [0.15, 0.2) is 57.8 Å². The first-order valence-corrected chi connectivity index (χ1v) is 9.61. The molecule has 0 saturated carbocycles. The van der Waals surface area contributed by atoms with Gasteiger partial charge in [-0.1, -0.05) is 41.0 Å². The maximum atomic E-state index is 12.4. The van der Waals surface area contributed by atoms with Crippen LogP contribution in [-0.2, 0) is 0 Å². The third-order valence-electron chi connectivity index (χ3n) is 5.22. The maximum Gasteiger partial charge on any atom is 0.326 e. The molecule has 1 aliphatic heterocycles. The summed E-state index contributed by atoms with van der Waals surface area (Å²) in [4.78, 5) is 21.9. The number of hydrogen-bond acceptors (Lipinski definition) is 5. The third kappa shape index (κ3) is 2.97. The number of aromatic amines is 1. The zero-order valence-electron chi connectivity index (χ0n) is 15.0. The molecule has 0 unspecified atom stereocenters. The van der Waals surface area contributed by atoms with Gasteiger partial charge in [0.05, 0.1) is 11.0 Å². The molecule has 2 aromatic carbocycles. The fraction of sp³-hybridized carbons (Fsp3) is 0.250. The number of rotatable bonds is 3. The molecule has 0 amide bonds. The molecule has 142 valence electrons. The maximum absolute atomic E-state index is 12.4. The van der Waals surface area contributed by atoms with Crippen molar-refractivity contribution in [2.75, 3.05) is 18.0 Å². The van der Waals surface area contributed by atoms with E-state index < -0.39 is 0 Å². The molecule has 1 fully saturated rings. The Kier molecular flexibility index (Phi) is 4.16. The molecule has 1 N–H and O–H groups in total. The van der Waals surface area contributed by atoms with Crippen LogP contribution in [0.4, 0.5) is 6.01 Å². The van der Waals surface area contributed by atoms with Crippen LogP contribution in [0.3, 0.4) is 0 Å². The van der Waals surface area contributed by atoms with Crippen molar-refractivity contribution in [2.45, 2.75) is 18.9 Å². The summed E-state index contributed by atoms with van der Waals surface area (Å²) >= 11 is 6.04. The molecule has 8 heteroatoms. The number of H-pyrrole nitrogens is 1. The highest BCUT2D eigenvalue weighted by Gasteiger charge is 2.26. The van der Waals surface area contributed by atoms with Gasteiger partial charge in [0.15, 0.2) is 0 Å². The standard InChI is InChI=1S/C20H18ClN5O2/c21-14-5-3-4-13(12-14)18-23-20(28-24-18)25-10-8-15(9-11-25)26-17-7-2-1-6-16(17)22-19(26)27/h1-7,12,15H,8-11H2,(H,22,27). The monoisotopic (exact) mass is 395 g/mol. The lowest BCUT2D eigenvalue weighted by molar-refractivity contribution is 0.360. The van der Waals surface area contributed by atoms with Crippen molar-refractivity contribution < 1.29 is 4.52 Å². The minimum Gasteiger partial charge on any atom is -0.324 e. The summed E-state index contributed by atoms with van der Waals surface area (Å²) in [7, 11) is 0.